The molecular formula is C16H24ClN3O. The molecule has 2 rings (SSSR count). The molecule has 0 bridgehead atoms. The molecule has 5 heteroatoms. The van der Waals surface area contributed by atoms with Crippen LogP contribution >= 0.6 is 11.6 Å². The molecule has 1 unspecified atom stereocenters. The fourth-order valence-electron chi connectivity index (χ4n) is 2.56. The van der Waals surface area contributed by atoms with Gasteiger partial charge in [0.1, 0.15) is 0 Å². The van der Waals surface area contributed by atoms with Crippen molar-refractivity contribution < 1.29 is 4.74 Å². The molecule has 0 radical (unpaired) electrons. The van der Waals surface area contributed by atoms with Crippen molar-refractivity contribution in [2.75, 3.05) is 27.2 Å². The molecule has 0 amide bonds. The molecule has 0 aromatic heterocycles. The maximum Gasteiger partial charge on any atom is 0.193 e. The first-order valence-electron chi connectivity index (χ1n) is 7.47. The van der Waals surface area contributed by atoms with E-state index in [4.69, 9.17) is 16.3 Å². The second kappa shape index (κ2) is 8.25. The summed E-state index contributed by atoms with van der Waals surface area (Å²) in [6.45, 7) is 2.52. The highest BCUT2D eigenvalue weighted by Crippen LogP contribution is 2.17. The number of guanidine groups is 1. The number of benzene rings is 1. The molecule has 1 aromatic rings. The van der Waals surface area contributed by atoms with Crippen LogP contribution in [0.1, 0.15) is 24.8 Å². The minimum atomic E-state index is 0.407. The Bertz CT molecular complexity index is 472. The van der Waals surface area contributed by atoms with Crippen molar-refractivity contribution in [2.45, 2.75) is 31.9 Å². The third-order valence-corrected chi connectivity index (χ3v) is 4.08. The molecule has 1 aromatic carbocycles. The van der Waals surface area contributed by atoms with Gasteiger partial charge in [-0.3, -0.25) is 4.99 Å². The number of halogens is 1. The van der Waals surface area contributed by atoms with Crippen molar-refractivity contribution in [2.24, 2.45) is 4.99 Å². The third-order valence-electron chi connectivity index (χ3n) is 3.71. The van der Waals surface area contributed by atoms with Gasteiger partial charge in [-0.05, 0) is 30.9 Å². The highest BCUT2D eigenvalue weighted by atomic mass is 35.5. The van der Waals surface area contributed by atoms with Crippen LogP contribution in [0.15, 0.2) is 29.3 Å². The van der Waals surface area contributed by atoms with Gasteiger partial charge >= 0.3 is 0 Å². The molecule has 1 saturated heterocycles. The monoisotopic (exact) mass is 309 g/mol. The Morgan fingerprint density at radius 1 is 1.48 bits per heavy atom. The highest BCUT2D eigenvalue weighted by Gasteiger charge is 2.15. The zero-order valence-electron chi connectivity index (χ0n) is 12.8. The second-order valence-corrected chi connectivity index (χ2v) is 5.75. The van der Waals surface area contributed by atoms with Crippen LogP contribution in [0.25, 0.3) is 0 Å². The van der Waals surface area contributed by atoms with Gasteiger partial charge in [0.2, 0.25) is 0 Å². The Hall–Kier alpha value is -1.26. The number of hydrogen-bond acceptors (Lipinski definition) is 2. The van der Waals surface area contributed by atoms with Gasteiger partial charge in [0.25, 0.3) is 0 Å². The molecule has 0 spiro atoms. The smallest absolute Gasteiger partial charge is 0.193 e. The largest absolute Gasteiger partial charge is 0.378 e. The third kappa shape index (κ3) is 4.90. The van der Waals surface area contributed by atoms with Gasteiger partial charge in [-0.2, -0.15) is 0 Å². The van der Waals surface area contributed by atoms with Crippen molar-refractivity contribution in [1.29, 1.82) is 0 Å². The van der Waals surface area contributed by atoms with E-state index in [2.05, 4.69) is 15.2 Å². The lowest BCUT2D eigenvalue weighted by atomic mass is 10.2. The van der Waals surface area contributed by atoms with Crippen molar-refractivity contribution in [3.05, 3.63) is 34.9 Å². The maximum absolute atomic E-state index is 6.20. The Balaban J connectivity index is 1.81. The van der Waals surface area contributed by atoms with Crippen molar-refractivity contribution in [1.82, 2.24) is 10.2 Å². The fourth-order valence-corrected chi connectivity index (χ4v) is 2.75. The molecule has 1 atom stereocenters. The quantitative estimate of drug-likeness (QED) is 0.671. The van der Waals surface area contributed by atoms with E-state index in [1.807, 2.05) is 31.3 Å². The summed E-state index contributed by atoms with van der Waals surface area (Å²) in [5.41, 5.74) is 1.10. The predicted molar refractivity (Wildman–Crippen MR) is 87.9 cm³/mol. The number of nitrogens with one attached hydrogen (secondary N) is 1. The summed E-state index contributed by atoms with van der Waals surface area (Å²) >= 11 is 6.20. The molecule has 21 heavy (non-hydrogen) atoms. The molecule has 1 fully saturated rings. The van der Waals surface area contributed by atoms with Gasteiger partial charge in [-0.25, -0.2) is 0 Å². The summed E-state index contributed by atoms with van der Waals surface area (Å²) in [6.07, 6.45) is 3.80. The maximum atomic E-state index is 6.20. The minimum Gasteiger partial charge on any atom is -0.378 e. The first-order chi connectivity index (χ1) is 10.2. The van der Waals surface area contributed by atoms with Crippen LogP contribution < -0.4 is 5.32 Å². The molecule has 1 aliphatic rings. The van der Waals surface area contributed by atoms with E-state index in [1.54, 1.807) is 7.05 Å². The lowest BCUT2D eigenvalue weighted by Crippen LogP contribution is -2.39. The van der Waals surface area contributed by atoms with E-state index in [9.17, 15) is 0 Å². The number of aliphatic imine (C=N–C) groups is 1. The first-order valence-corrected chi connectivity index (χ1v) is 7.85. The van der Waals surface area contributed by atoms with Crippen LogP contribution in [0.3, 0.4) is 0 Å². The normalized spacial score (nSPS) is 18.8. The van der Waals surface area contributed by atoms with Crippen LogP contribution in [0, 0.1) is 0 Å². The first kappa shape index (κ1) is 16.1. The number of nitrogens with zero attached hydrogens (tertiary/aromatic N) is 2. The van der Waals surface area contributed by atoms with Gasteiger partial charge in [0, 0.05) is 38.8 Å². The van der Waals surface area contributed by atoms with Crippen LogP contribution in [0.4, 0.5) is 0 Å². The summed E-state index contributed by atoms with van der Waals surface area (Å²) in [5, 5.41) is 4.18. The number of ether oxygens (including phenoxy) is 1. The predicted octanol–water partition coefficient (Wildman–Crippen LogP) is 2.92. The highest BCUT2D eigenvalue weighted by molar-refractivity contribution is 6.31. The van der Waals surface area contributed by atoms with E-state index in [0.717, 1.165) is 42.7 Å². The van der Waals surface area contributed by atoms with E-state index in [0.29, 0.717) is 6.10 Å². The van der Waals surface area contributed by atoms with Gasteiger partial charge in [0.05, 0.1) is 6.10 Å². The molecule has 4 nitrogen and oxygen atoms in total. The molecule has 116 valence electrons. The molecule has 0 aliphatic carbocycles. The average molecular weight is 310 g/mol. The lowest BCUT2D eigenvalue weighted by Gasteiger charge is -2.23. The second-order valence-electron chi connectivity index (χ2n) is 5.35. The van der Waals surface area contributed by atoms with Gasteiger partial charge < -0.3 is 15.0 Å². The van der Waals surface area contributed by atoms with E-state index >= 15 is 0 Å². The molecule has 0 saturated carbocycles. The van der Waals surface area contributed by atoms with Gasteiger partial charge in [-0.15, -0.1) is 0 Å². The number of rotatable bonds is 5. The summed E-state index contributed by atoms with van der Waals surface area (Å²) in [5.74, 6) is 0.882. The molecule has 1 aliphatic heterocycles. The van der Waals surface area contributed by atoms with Crippen LogP contribution in [0.2, 0.25) is 5.02 Å². The van der Waals surface area contributed by atoms with E-state index in [1.165, 1.54) is 12.8 Å². The summed E-state index contributed by atoms with van der Waals surface area (Å²) < 4.78 is 5.63. The van der Waals surface area contributed by atoms with Crippen molar-refractivity contribution in [3.8, 4) is 0 Å². The summed E-state index contributed by atoms with van der Waals surface area (Å²) in [7, 11) is 3.82. The summed E-state index contributed by atoms with van der Waals surface area (Å²) in [6, 6.07) is 7.90. The van der Waals surface area contributed by atoms with E-state index < -0.39 is 0 Å². The molecule has 1 N–H and O–H groups in total. The fraction of sp³-hybridized carbons (Fsp3) is 0.562. The Kier molecular flexibility index (Phi) is 6.33. The Morgan fingerprint density at radius 2 is 2.29 bits per heavy atom. The van der Waals surface area contributed by atoms with Crippen LogP contribution in [-0.2, 0) is 11.3 Å². The average Bonchev–Trinajstić information content (AvgIpc) is 2.99. The zero-order chi connectivity index (χ0) is 15.1. The van der Waals surface area contributed by atoms with Crippen molar-refractivity contribution >= 4 is 17.6 Å². The number of hydrogen-bond donors (Lipinski definition) is 1. The van der Waals surface area contributed by atoms with Crippen LogP contribution in [0.5, 0.6) is 0 Å². The molecule has 1 heterocycles. The summed E-state index contributed by atoms with van der Waals surface area (Å²) in [4.78, 5) is 6.41. The zero-order valence-corrected chi connectivity index (χ0v) is 13.6. The van der Waals surface area contributed by atoms with Gasteiger partial charge in [0.15, 0.2) is 5.96 Å². The topological polar surface area (TPSA) is 36.9 Å². The standard InChI is InChI=1S/C16H24ClN3O/c1-18-16(19-10-9-14-7-5-11-21-14)20(2)12-13-6-3-4-8-15(13)17/h3-4,6,8,14H,5,7,9-12H2,1-2H3,(H,18,19). The SMILES string of the molecule is CN=C(NCCC1CCCO1)N(C)Cc1ccccc1Cl. The van der Waals surface area contributed by atoms with Gasteiger partial charge in [-0.1, -0.05) is 29.8 Å². The van der Waals surface area contributed by atoms with Crippen LogP contribution in [-0.4, -0.2) is 44.2 Å². The Morgan fingerprint density at radius 3 is 2.95 bits per heavy atom. The van der Waals surface area contributed by atoms with E-state index in [-0.39, 0.29) is 0 Å². The Labute approximate surface area is 132 Å². The molecular weight excluding hydrogens is 286 g/mol. The lowest BCUT2D eigenvalue weighted by molar-refractivity contribution is 0.105. The minimum absolute atomic E-state index is 0.407. The van der Waals surface area contributed by atoms with Crippen molar-refractivity contribution in [3.63, 3.8) is 0 Å².